The summed E-state index contributed by atoms with van der Waals surface area (Å²) < 4.78 is 7.50. The van der Waals surface area contributed by atoms with Gasteiger partial charge in [-0.05, 0) is 18.2 Å². The number of nitrogens with zero attached hydrogens (tertiary/aromatic N) is 4. The van der Waals surface area contributed by atoms with Crippen LogP contribution in [-0.2, 0) is 4.74 Å². The van der Waals surface area contributed by atoms with E-state index in [4.69, 9.17) is 4.74 Å². The second kappa shape index (κ2) is 8.33. The van der Waals surface area contributed by atoms with E-state index in [1.807, 2.05) is 59.2 Å². The molecule has 0 amide bonds. The van der Waals surface area contributed by atoms with Crippen molar-refractivity contribution in [2.75, 3.05) is 37.0 Å². The number of para-hydroxylation sites is 2. The van der Waals surface area contributed by atoms with E-state index in [0.717, 1.165) is 35.6 Å². The van der Waals surface area contributed by atoms with Crippen LogP contribution in [0.3, 0.4) is 0 Å². The Morgan fingerprint density at radius 3 is 2.63 bits per heavy atom. The Bertz CT molecular complexity index is 1160. The highest BCUT2D eigenvalue weighted by Crippen LogP contribution is 2.28. The fourth-order valence-electron chi connectivity index (χ4n) is 3.64. The molecule has 5 rings (SSSR count). The summed E-state index contributed by atoms with van der Waals surface area (Å²) in [5.41, 5.74) is 2.65. The Balaban J connectivity index is 1.42. The molecule has 3 heterocycles. The van der Waals surface area contributed by atoms with Gasteiger partial charge >= 0.3 is 0 Å². The number of hydrogen-bond acceptors (Lipinski definition) is 6. The number of morpholine rings is 1. The number of nitrogens with one attached hydrogen (secondary N) is 1. The molecular formula is C22H21N5O2S. The van der Waals surface area contributed by atoms with Crippen LogP contribution in [0.4, 0.5) is 5.95 Å². The van der Waals surface area contributed by atoms with Gasteiger partial charge in [-0.3, -0.25) is 9.36 Å². The average molecular weight is 420 g/mol. The van der Waals surface area contributed by atoms with Crippen LogP contribution in [-0.4, -0.2) is 57.6 Å². The van der Waals surface area contributed by atoms with Crippen LogP contribution < -0.4 is 4.90 Å². The lowest BCUT2D eigenvalue weighted by molar-refractivity contribution is 0.102. The Morgan fingerprint density at radius 1 is 1.03 bits per heavy atom. The van der Waals surface area contributed by atoms with E-state index >= 15 is 0 Å². The summed E-state index contributed by atoms with van der Waals surface area (Å²) in [6, 6.07) is 17.9. The number of fused-ring (bicyclic) bond motifs is 1. The number of ether oxygens (including phenoxy) is 1. The highest BCUT2D eigenvalue weighted by molar-refractivity contribution is 7.99. The summed E-state index contributed by atoms with van der Waals surface area (Å²) in [5.74, 6) is 1.13. The third-order valence-corrected chi connectivity index (χ3v) is 6.08. The van der Waals surface area contributed by atoms with Crippen molar-refractivity contribution >= 4 is 34.4 Å². The number of aromatic amines is 1. The molecule has 152 valence electrons. The van der Waals surface area contributed by atoms with Gasteiger partial charge in [-0.25, -0.2) is 0 Å². The van der Waals surface area contributed by atoms with Crippen molar-refractivity contribution in [1.82, 2.24) is 19.7 Å². The average Bonchev–Trinajstić information content (AvgIpc) is 3.43. The van der Waals surface area contributed by atoms with Crippen LogP contribution in [0, 0.1) is 0 Å². The minimum atomic E-state index is 0.0629. The van der Waals surface area contributed by atoms with E-state index in [-0.39, 0.29) is 11.5 Å². The van der Waals surface area contributed by atoms with E-state index in [9.17, 15) is 4.79 Å². The molecule has 0 aliphatic carbocycles. The van der Waals surface area contributed by atoms with Crippen LogP contribution >= 0.6 is 11.8 Å². The molecule has 0 radical (unpaired) electrons. The highest BCUT2D eigenvalue weighted by Gasteiger charge is 2.22. The standard InChI is InChI=1S/C22H21N5O2S/c28-20(18-14-23-19-9-5-4-8-17(18)19)15-30-22-25-24-21(26-10-12-29-13-11-26)27(22)16-6-2-1-3-7-16/h1-9,14,23H,10-13,15H2. The van der Waals surface area contributed by atoms with E-state index < -0.39 is 0 Å². The molecule has 2 aromatic carbocycles. The Kier molecular flexibility index (Phi) is 5.25. The molecule has 0 unspecified atom stereocenters. The lowest BCUT2D eigenvalue weighted by Gasteiger charge is -2.27. The number of thioether (sulfide) groups is 1. The van der Waals surface area contributed by atoms with Gasteiger partial charge in [0, 0.05) is 35.8 Å². The number of carbonyl (C=O) groups is 1. The molecule has 30 heavy (non-hydrogen) atoms. The Morgan fingerprint density at radius 2 is 1.80 bits per heavy atom. The SMILES string of the molecule is O=C(CSc1nnc(N2CCOCC2)n1-c1ccccc1)c1c[nH]c2ccccc12. The third kappa shape index (κ3) is 3.59. The van der Waals surface area contributed by atoms with E-state index in [0.29, 0.717) is 23.9 Å². The minimum absolute atomic E-state index is 0.0629. The van der Waals surface area contributed by atoms with Gasteiger partial charge in [0.25, 0.3) is 0 Å². The number of Topliss-reactive ketones (excluding diaryl/α,β-unsaturated/α-hetero) is 1. The molecular weight excluding hydrogens is 398 g/mol. The second-order valence-corrected chi connectivity index (χ2v) is 7.96. The number of rotatable bonds is 6. The number of H-pyrrole nitrogens is 1. The predicted octanol–water partition coefficient (Wildman–Crippen LogP) is 3.56. The number of ketones is 1. The normalized spacial score (nSPS) is 14.3. The van der Waals surface area contributed by atoms with Crippen LogP contribution in [0.1, 0.15) is 10.4 Å². The Labute approximate surface area is 178 Å². The molecule has 1 fully saturated rings. The first-order chi connectivity index (χ1) is 14.8. The van der Waals surface area contributed by atoms with Gasteiger partial charge in [0.15, 0.2) is 10.9 Å². The van der Waals surface area contributed by atoms with Gasteiger partial charge < -0.3 is 14.6 Å². The summed E-state index contributed by atoms with van der Waals surface area (Å²) in [4.78, 5) is 18.3. The van der Waals surface area contributed by atoms with Crippen molar-refractivity contribution in [1.29, 1.82) is 0 Å². The third-order valence-electron chi connectivity index (χ3n) is 5.15. The highest BCUT2D eigenvalue weighted by atomic mass is 32.2. The van der Waals surface area contributed by atoms with Crippen LogP contribution in [0.2, 0.25) is 0 Å². The molecule has 4 aromatic rings. The van der Waals surface area contributed by atoms with Gasteiger partial charge in [0.2, 0.25) is 5.95 Å². The molecule has 2 aromatic heterocycles. The summed E-state index contributed by atoms with van der Waals surface area (Å²) in [6.07, 6.45) is 1.79. The zero-order valence-electron chi connectivity index (χ0n) is 16.3. The molecule has 7 nitrogen and oxygen atoms in total. The molecule has 0 spiro atoms. The summed E-state index contributed by atoms with van der Waals surface area (Å²) in [5, 5.41) is 10.5. The summed E-state index contributed by atoms with van der Waals surface area (Å²) >= 11 is 1.41. The first-order valence-corrected chi connectivity index (χ1v) is 10.9. The topological polar surface area (TPSA) is 76.0 Å². The van der Waals surface area contributed by atoms with Crippen molar-refractivity contribution in [3.8, 4) is 5.69 Å². The smallest absolute Gasteiger partial charge is 0.232 e. The van der Waals surface area contributed by atoms with Gasteiger partial charge in [-0.1, -0.05) is 48.2 Å². The molecule has 0 bridgehead atoms. The minimum Gasteiger partial charge on any atom is -0.378 e. The lowest BCUT2D eigenvalue weighted by Crippen LogP contribution is -2.37. The maximum atomic E-state index is 12.9. The van der Waals surface area contributed by atoms with Crippen molar-refractivity contribution in [3.05, 3.63) is 66.4 Å². The first kappa shape index (κ1) is 18.9. The molecule has 0 atom stereocenters. The van der Waals surface area contributed by atoms with E-state index in [1.165, 1.54) is 11.8 Å². The molecule has 1 aliphatic rings. The number of aromatic nitrogens is 4. The molecule has 1 saturated heterocycles. The largest absolute Gasteiger partial charge is 0.378 e. The van der Waals surface area contributed by atoms with Crippen molar-refractivity contribution in [2.24, 2.45) is 0 Å². The van der Waals surface area contributed by atoms with Gasteiger partial charge in [0.05, 0.1) is 24.7 Å². The van der Waals surface area contributed by atoms with Gasteiger partial charge in [0.1, 0.15) is 0 Å². The van der Waals surface area contributed by atoms with Gasteiger partial charge in [-0.15, -0.1) is 10.2 Å². The van der Waals surface area contributed by atoms with Crippen molar-refractivity contribution in [3.63, 3.8) is 0 Å². The fraction of sp³-hybridized carbons (Fsp3) is 0.227. The van der Waals surface area contributed by atoms with Crippen LogP contribution in [0.5, 0.6) is 0 Å². The first-order valence-electron chi connectivity index (χ1n) is 9.87. The number of carbonyl (C=O) groups excluding carboxylic acids is 1. The fourth-order valence-corrected chi connectivity index (χ4v) is 4.47. The predicted molar refractivity (Wildman–Crippen MR) is 118 cm³/mol. The van der Waals surface area contributed by atoms with Crippen LogP contribution in [0.15, 0.2) is 66.0 Å². The molecule has 1 aliphatic heterocycles. The summed E-state index contributed by atoms with van der Waals surface area (Å²) in [7, 11) is 0. The number of anilines is 1. The monoisotopic (exact) mass is 419 g/mol. The summed E-state index contributed by atoms with van der Waals surface area (Å²) in [6.45, 7) is 2.88. The second-order valence-electron chi connectivity index (χ2n) is 7.01. The lowest BCUT2D eigenvalue weighted by atomic mass is 10.1. The van der Waals surface area contributed by atoms with E-state index in [2.05, 4.69) is 20.1 Å². The van der Waals surface area contributed by atoms with Crippen molar-refractivity contribution < 1.29 is 9.53 Å². The van der Waals surface area contributed by atoms with Gasteiger partial charge in [-0.2, -0.15) is 0 Å². The Hall–Kier alpha value is -3.10. The molecule has 0 saturated carbocycles. The molecule has 8 heteroatoms. The maximum absolute atomic E-state index is 12.9. The van der Waals surface area contributed by atoms with Crippen molar-refractivity contribution in [2.45, 2.75) is 5.16 Å². The zero-order valence-corrected chi connectivity index (χ0v) is 17.1. The molecule has 1 N–H and O–H groups in total. The number of benzene rings is 2. The quantitative estimate of drug-likeness (QED) is 0.380. The zero-order chi connectivity index (χ0) is 20.3. The number of hydrogen-bond donors (Lipinski definition) is 1. The van der Waals surface area contributed by atoms with E-state index in [1.54, 1.807) is 6.20 Å². The maximum Gasteiger partial charge on any atom is 0.232 e. The van der Waals surface area contributed by atoms with Crippen LogP contribution in [0.25, 0.3) is 16.6 Å².